The molecule has 112 valence electrons. The number of fused-ring (bicyclic) bond motifs is 1. The molecule has 0 fully saturated rings. The lowest BCUT2D eigenvalue weighted by atomic mass is 10.0. The molecular formula is C18H17NO3. The molecule has 0 radical (unpaired) electrons. The molecule has 1 N–H and O–H groups in total. The highest BCUT2D eigenvalue weighted by Gasteiger charge is 2.16. The summed E-state index contributed by atoms with van der Waals surface area (Å²) in [6.07, 6.45) is 4.93. The molecule has 1 aliphatic rings. The van der Waals surface area contributed by atoms with E-state index in [-0.39, 0.29) is 12.1 Å². The molecule has 4 heteroatoms. The summed E-state index contributed by atoms with van der Waals surface area (Å²) in [7, 11) is 0. The Balaban J connectivity index is 2.18. The molecule has 0 atom stereocenters. The molecule has 0 aliphatic heterocycles. The molecule has 22 heavy (non-hydrogen) atoms. The third-order valence-corrected chi connectivity index (χ3v) is 4.11. The largest absolute Gasteiger partial charge is 0.477 e. The highest BCUT2D eigenvalue weighted by Crippen LogP contribution is 2.27. The number of benzene rings is 1. The number of aryl methyl sites for hydroxylation is 2. The van der Waals surface area contributed by atoms with Crippen molar-refractivity contribution in [3.8, 4) is 11.3 Å². The number of carbonyl (C=O) groups is 1. The average Bonchev–Trinajstić information content (AvgIpc) is 2.96. The quantitative estimate of drug-likeness (QED) is 0.882. The van der Waals surface area contributed by atoms with Crippen LogP contribution in [0, 0.1) is 0 Å². The second-order valence-corrected chi connectivity index (χ2v) is 5.48. The van der Waals surface area contributed by atoms with Gasteiger partial charge in [0.1, 0.15) is 5.56 Å². The van der Waals surface area contributed by atoms with Crippen molar-refractivity contribution in [1.82, 2.24) is 4.57 Å². The summed E-state index contributed by atoms with van der Waals surface area (Å²) in [4.78, 5) is 23.5. The summed E-state index contributed by atoms with van der Waals surface area (Å²) < 4.78 is 1.47. The van der Waals surface area contributed by atoms with E-state index in [0.717, 1.165) is 30.5 Å². The van der Waals surface area contributed by atoms with E-state index in [1.165, 1.54) is 21.8 Å². The van der Waals surface area contributed by atoms with Crippen LogP contribution in [0.2, 0.25) is 0 Å². The Bertz CT molecular complexity index is 818. The lowest BCUT2D eigenvalue weighted by Crippen LogP contribution is -2.27. The minimum Gasteiger partial charge on any atom is -0.477 e. The number of nitrogens with zero attached hydrogens (tertiary/aromatic N) is 1. The maximum Gasteiger partial charge on any atom is 0.341 e. The predicted octanol–water partition coefficient (Wildman–Crippen LogP) is 2.89. The maximum atomic E-state index is 12.4. The normalized spacial score (nSPS) is 12.9. The van der Waals surface area contributed by atoms with Crippen LogP contribution in [-0.2, 0) is 19.4 Å². The van der Waals surface area contributed by atoms with Gasteiger partial charge in [0, 0.05) is 6.54 Å². The molecule has 0 saturated heterocycles. The summed E-state index contributed by atoms with van der Waals surface area (Å²) in [6, 6.07) is 9.29. The van der Waals surface area contributed by atoms with Crippen LogP contribution in [-0.4, -0.2) is 15.6 Å². The Labute approximate surface area is 128 Å². The minimum atomic E-state index is -1.21. The molecule has 2 aromatic rings. The number of carboxylic acids is 1. The van der Waals surface area contributed by atoms with E-state index in [9.17, 15) is 9.59 Å². The first-order chi connectivity index (χ1) is 10.6. The molecule has 1 aromatic carbocycles. The van der Waals surface area contributed by atoms with Crippen LogP contribution >= 0.6 is 0 Å². The predicted molar refractivity (Wildman–Crippen MR) is 85.3 cm³/mol. The second kappa shape index (κ2) is 5.64. The van der Waals surface area contributed by atoms with E-state index < -0.39 is 11.5 Å². The van der Waals surface area contributed by atoms with Gasteiger partial charge in [-0.3, -0.25) is 4.79 Å². The number of allylic oxidation sites excluding steroid dienone is 1. The lowest BCUT2D eigenvalue weighted by Gasteiger charge is -2.13. The number of carboxylic acid groups (broad SMARTS) is 1. The zero-order chi connectivity index (χ0) is 15.7. The van der Waals surface area contributed by atoms with E-state index >= 15 is 0 Å². The molecule has 1 heterocycles. The van der Waals surface area contributed by atoms with Gasteiger partial charge < -0.3 is 9.67 Å². The SMILES string of the molecule is C=CCn1c(-c2ccc3c(c2)CCC3)ccc(C(=O)O)c1=O. The Morgan fingerprint density at radius 2 is 2.00 bits per heavy atom. The molecule has 0 saturated carbocycles. The number of pyridine rings is 1. The molecule has 1 aromatic heterocycles. The summed E-state index contributed by atoms with van der Waals surface area (Å²) in [5.74, 6) is -1.21. The van der Waals surface area contributed by atoms with Crippen LogP contribution in [0.3, 0.4) is 0 Å². The average molecular weight is 295 g/mol. The van der Waals surface area contributed by atoms with Crippen molar-refractivity contribution < 1.29 is 9.90 Å². The molecule has 3 rings (SSSR count). The van der Waals surface area contributed by atoms with E-state index in [1.54, 1.807) is 12.1 Å². The highest BCUT2D eigenvalue weighted by atomic mass is 16.4. The van der Waals surface area contributed by atoms with Gasteiger partial charge in [-0.1, -0.05) is 18.2 Å². The molecule has 0 spiro atoms. The van der Waals surface area contributed by atoms with Crippen molar-refractivity contribution in [3.05, 3.63) is 70.0 Å². The first kappa shape index (κ1) is 14.3. The van der Waals surface area contributed by atoms with Crippen molar-refractivity contribution in [2.24, 2.45) is 0 Å². The molecule has 0 unspecified atom stereocenters. The maximum absolute atomic E-state index is 12.4. The first-order valence-corrected chi connectivity index (χ1v) is 7.32. The van der Waals surface area contributed by atoms with Crippen LogP contribution in [0.1, 0.15) is 27.9 Å². The molecule has 0 amide bonds. The van der Waals surface area contributed by atoms with Crippen molar-refractivity contribution >= 4 is 5.97 Å². The standard InChI is InChI=1S/C18H17NO3/c1-2-10-19-16(9-8-15(17(19)20)18(21)22)14-7-6-12-4-3-5-13(12)11-14/h2,6-9,11H,1,3-5,10H2,(H,21,22). The van der Waals surface area contributed by atoms with Crippen LogP contribution in [0.4, 0.5) is 0 Å². The lowest BCUT2D eigenvalue weighted by molar-refractivity contribution is 0.0694. The van der Waals surface area contributed by atoms with Gasteiger partial charge in [0.05, 0.1) is 5.69 Å². The smallest absolute Gasteiger partial charge is 0.341 e. The van der Waals surface area contributed by atoms with Gasteiger partial charge in [-0.15, -0.1) is 6.58 Å². The van der Waals surface area contributed by atoms with Gasteiger partial charge in [-0.2, -0.15) is 0 Å². The van der Waals surface area contributed by atoms with Gasteiger partial charge in [0.25, 0.3) is 5.56 Å². The third kappa shape index (κ3) is 2.37. The molecular weight excluding hydrogens is 278 g/mol. The fraction of sp³-hybridized carbons (Fsp3) is 0.222. The monoisotopic (exact) mass is 295 g/mol. The summed E-state index contributed by atoms with van der Waals surface area (Å²) in [5, 5.41) is 9.11. The summed E-state index contributed by atoms with van der Waals surface area (Å²) in [5.41, 5.74) is 3.64. The Morgan fingerprint density at radius 3 is 2.73 bits per heavy atom. The Hall–Kier alpha value is -2.62. The first-order valence-electron chi connectivity index (χ1n) is 7.32. The van der Waals surface area contributed by atoms with Gasteiger partial charge in [-0.25, -0.2) is 4.79 Å². The zero-order valence-electron chi connectivity index (χ0n) is 12.2. The van der Waals surface area contributed by atoms with Gasteiger partial charge in [0.15, 0.2) is 0 Å². The van der Waals surface area contributed by atoms with E-state index in [1.807, 2.05) is 6.07 Å². The van der Waals surface area contributed by atoms with Crippen LogP contribution < -0.4 is 5.56 Å². The van der Waals surface area contributed by atoms with Crippen LogP contribution in [0.15, 0.2) is 47.8 Å². The molecule has 0 bridgehead atoms. The topological polar surface area (TPSA) is 59.3 Å². The van der Waals surface area contributed by atoms with Gasteiger partial charge in [0.2, 0.25) is 0 Å². The van der Waals surface area contributed by atoms with E-state index in [0.29, 0.717) is 0 Å². The summed E-state index contributed by atoms with van der Waals surface area (Å²) in [6.45, 7) is 3.94. The second-order valence-electron chi connectivity index (χ2n) is 5.48. The van der Waals surface area contributed by atoms with Crippen molar-refractivity contribution in [1.29, 1.82) is 0 Å². The Morgan fingerprint density at radius 1 is 1.23 bits per heavy atom. The molecule has 4 nitrogen and oxygen atoms in total. The zero-order valence-corrected chi connectivity index (χ0v) is 12.2. The number of aromatic nitrogens is 1. The summed E-state index contributed by atoms with van der Waals surface area (Å²) >= 11 is 0. The number of rotatable bonds is 4. The Kier molecular flexibility index (Phi) is 3.67. The van der Waals surface area contributed by atoms with Crippen molar-refractivity contribution in [3.63, 3.8) is 0 Å². The highest BCUT2D eigenvalue weighted by molar-refractivity contribution is 5.87. The van der Waals surface area contributed by atoms with E-state index in [4.69, 9.17) is 5.11 Å². The van der Waals surface area contributed by atoms with E-state index in [2.05, 4.69) is 18.7 Å². The van der Waals surface area contributed by atoms with Gasteiger partial charge in [-0.05, 0) is 54.2 Å². The third-order valence-electron chi connectivity index (χ3n) is 4.11. The number of aromatic carboxylic acids is 1. The molecule has 1 aliphatic carbocycles. The van der Waals surface area contributed by atoms with Gasteiger partial charge >= 0.3 is 5.97 Å². The van der Waals surface area contributed by atoms with Crippen LogP contribution in [0.5, 0.6) is 0 Å². The number of hydrogen-bond acceptors (Lipinski definition) is 2. The minimum absolute atomic E-state index is 0.216. The fourth-order valence-corrected chi connectivity index (χ4v) is 3.03. The number of hydrogen-bond donors (Lipinski definition) is 1. The van der Waals surface area contributed by atoms with Crippen molar-refractivity contribution in [2.75, 3.05) is 0 Å². The van der Waals surface area contributed by atoms with Crippen LogP contribution in [0.25, 0.3) is 11.3 Å². The van der Waals surface area contributed by atoms with Crippen molar-refractivity contribution in [2.45, 2.75) is 25.8 Å². The fourth-order valence-electron chi connectivity index (χ4n) is 3.03.